The number of amides is 1. The highest BCUT2D eigenvalue weighted by Gasteiger charge is 2.38. The summed E-state index contributed by atoms with van der Waals surface area (Å²) in [6, 6.07) is 8.13. The number of hydrogen-bond acceptors (Lipinski definition) is 6. The summed E-state index contributed by atoms with van der Waals surface area (Å²) in [5.74, 6) is 0.377. The van der Waals surface area contributed by atoms with Gasteiger partial charge in [-0.25, -0.2) is 4.99 Å². The first-order valence-electron chi connectivity index (χ1n) is 16.2. The molecule has 0 fully saturated rings. The Labute approximate surface area is 272 Å². The van der Waals surface area contributed by atoms with Crippen LogP contribution in [0.25, 0.3) is 10.6 Å². The molecule has 3 atom stereocenters. The molecule has 0 aromatic carbocycles. The molecule has 43 heavy (non-hydrogen) atoms. The van der Waals surface area contributed by atoms with Gasteiger partial charge in [0.15, 0.2) is 0 Å². The Hall–Kier alpha value is -1.87. The van der Waals surface area contributed by atoms with E-state index in [1.54, 1.807) is 29.8 Å². The molecule has 1 aliphatic rings. The monoisotopic (exact) mass is 642 g/mol. The van der Waals surface area contributed by atoms with Gasteiger partial charge >= 0.3 is 0 Å². The number of hydrogen-bond donors (Lipinski definition) is 2. The number of aromatic hydroxyl groups is 1. The molecule has 3 aromatic rings. The highest BCUT2D eigenvalue weighted by Crippen LogP contribution is 2.46. The van der Waals surface area contributed by atoms with Crippen LogP contribution in [0.15, 0.2) is 34.6 Å². The molecule has 2 unspecified atom stereocenters. The molecule has 236 valence electrons. The fourth-order valence-corrected chi connectivity index (χ4v) is 8.27. The molecular weight excluding hydrogens is 593 g/mol. The summed E-state index contributed by atoms with van der Waals surface area (Å²) >= 11 is 7.95. The van der Waals surface area contributed by atoms with Crippen molar-refractivity contribution in [3.63, 3.8) is 0 Å². The second-order valence-electron chi connectivity index (χ2n) is 12.2. The maximum Gasteiger partial charge on any atom is 0.280 e. The number of carbonyl (C=O) groups excluding carboxylic acids is 1. The number of carbonyl (C=O) groups is 1. The highest BCUT2D eigenvalue weighted by atomic mass is 32.1. The maximum absolute atomic E-state index is 13.6. The van der Waals surface area contributed by atoms with Crippen LogP contribution in [0.5, 0.6) is 5.88 Å². The summed E-state index contributed by atoms with van der Waals surface area (Å²) in [6.45, 7) is 9.30. The van der Waals surface area contributed by atoms with Crippen molar-refractivity contribution in [2.75, 3.05) is 7.11 Å². The normalized spacial score (nSPS) is 15.9. The Morgan fingerprint density at radius 1 is 0.977 bits per heavy atom. The van der Waals surface area contributed by atoms with Gasteiger partial charge in [-0.05, 0) is 49.3 Å². The fourth-order valence-electron chi connectivity index (χ4n) is 6.09. The number of fused-ring (bicyclic) bond motifs is 1. The summed E-state index contributed by atoms with van der Waals surface area (Å²) < 4.78 is 7.72. The summed E-state index contributed by atoms with van der Waals surface area (Å²) in [5.41, 5.74) is 2.52. The van der Waals surface area contributed by atoms with E-state index in [1.807, 2.05) is 29.0 Å². The lowest BCUT2D eigenvalue weighted by Gasteiger charge is -2.28. The third-order valence-electron chi connectivity index (χ3n) is 9.03. The van der Waals surface area contributed by atoms with E-state index < -0.39 is 4.93 Å². The lowest BCUT2D eigenvalue weighted by molar-refractivity contribution is 0.0705. The fraction of sp³-hybridized carbons (Fsp3) is 0.600. The van der Waals surface area contributed by atoms with Gasteiger partial charge in [0.2, 0.25) is 5.88 Å². The lowest BCUT2D eigenvalue weighted by atomic mass is 9.94. The summed E-state index contributed by atoms with van der Waals surface area (Å²) in [7, 11) is 1.68. The molecular formula is C35H50N2O3S3. The van der Waals surface area contributed by atoms with E-state index in [4.69, 9.17) is 17.4 Å². The van der Waals surface area contributed by atoms with Crippen LogP contribution in [0.1, 0.15) is 136 Å². The molecule has 0 radical (unpaired) electrons. The Kier molecular flexibility index (Phi) is 12.6. The van der Waals surface area contributed by atoms with Crippen molar-refractivity contribution in [1.82, 2.24) is 4.57 Å². The second-order valence-corrected chi connectivity index (χ2v) is 15.2. The zero-order valence-electron chi connectivity index (χ0n) is 26.7. The van der Waals surface area contributed by atoms with Gasteiger partial charge in [0.05, 0.1) is 32.3 Å². The van der Waals surface area contributed by atoms with Gasteiger partial charge in [-0.3, -0.25) is 4.79 Å². The number of thiophene rings is 2. The van der Waals surface area contributed by atoms with E-state index >= 15 is 0 Å². The molecule has 5 nitrogen and oxygen atoms in total. The number of methoxy groups -OCH3 is 1. The minimum absolute atomic E-state index is 0.0392. The number of thiol groups is 1. The van der Waals surface area contributed by atoms with E-state index in [0.717, 1.165) is 33.2 Å². The minimum Gasteiger partial charge on any atom is -0.494 e. The van der Waals surface area contributed by atoms with Crippen LogP contribution in [0.4, 0.5) is 0 Å². The largest absolute Gasteiger partial charge is 0.494 e. The van der Waals surface area contributed by atoms with Crippen LogP contribution >= 0.6 is 35.3 Å². The Balaban J connectivity index is 1.71. The summed E-state index contributed by atoms with van der Waals surface area (Å²) in [6.07, 6.45) is 14.8. The van der Waals surface area contributed by atoms with Gasteiger partial charge < -0.3 is 14.4 Å². The number of unbranched alkanes of at least 4 members (excludes halogenated alkanes) is 8. The first-order chi connectivity index (χ1) is 20.7. The minimum atomic E-state index is -0.625. The first-order valence-corrected chi connectivity index (χ1v) is 18.4. The van der Waals surface area contributed by atoms with Gasteiger partial charge in [-0.1, -0.05) is 91.0 Å². The average Bonchev–Trinajstić information content (AvgIpc) is 3.80. The third-order valence-corrected chi connectivity index (χ3v) is 11.8. The molecule has 0 bridgehead atoms. The van der Waals surface area contributed by atoms with Crippen LogP contribution < -0.4 is 0 Å². The third kappa shape index (κ3) is 8.05. The van der Waals surface area contributed by atoms with E-state index in [-0.39, 0.29) is 17.7 Å². The number of nitrogens with zero attached hydrogens (tertiary/aromatic N) is 2. The molecule has 0 aliphatic carbocycles. The quantitative estimate of drug-likeness (QED) is 0.0777. The standard InChI is InChI=1S/C35H50N2O3S3/c1-6-8-10-12-13-15-18-25(17-14-11-9-7-2)23-37-32(28-21-20-26(43-28)24(3)35(4,41)40-5)30-29(34(37)39)31(36-33(30)38)27-19-16-22-42-27/h16,19-22,24-25,39,41H,6-15,17-18,23H2,1-5H3/t24-,25?,35?/m0/s1. The van der Waals surface area contributed by atoms with Gasteiger partial charge in [0, 0.05) is 24.4 Å². The summed E-state index contributed by atoms with van der Waals surface area (Å²) in [4.78, 5) is 20.4. The van der Waals surface area contributed by atoms with Crippen LogP contribution in [-0.2, 0) is 11.3 Å². The predicted octanol–water partition coefficient (Wildman–Crippen LogP) is 10.7. The molecule has 1 amide bonds. The average molecular weight is 643 g/mol. The van der Waals surface area contributed by atoms with Gasteiger partial charge in [-0.2, -0.15) is 0 Å². The van der Waals surface area contributed by atoms with E-state index in [0.29, 0.717) is 29.3 Å². The molecule has 4 heterocycles. The topological polar surface area (TPSA) is 63.8 Å². The van der Waals surface area contributed by atoms with E-state index in [9.17, 15) is 9.90 Å². The van der Waals surface area contributed by atoms with Crippen molar-refractivity contribution in [2.45, 2.75) is 122 Å². The van der Waals surface area contributed by atoms with E-state index in [2.05, 4.69) is 37.9 Å². The Bertz CT molecular complexity index is 1350. The highest BCUT2D eigenvalue weighted by molar-refractivity contribution is 7.81. The smallest absolute Gasteiger partial charge is 0.280 e. The second kappa shape index (κ2) is 15.9. The van der Waals surface area contributed by atoms with Crippen molar-refractivity contribution in [3.8, 4) is 16.5 Å². The van der Waals surface area contributed by atoms with Crippen molar-refractivity contribution in [2.24, 2.45) is 10.9 Å². The van der Waals surface area contributed by atoms with Crippen molar-refractivity contribution >= 4 is 46.9 Å². The van der Waals surface area contributed by atoms with Crippen molar-refractivity contribution < 1.29 is 14.6 Å². The predicted molar refractivity (Wildman–Crippen MR) is 187 cm³/mol. The molecule has 8 heteroatoms. The van der Waals surface area contributed by atoms with Crippen molar-refractivity contribution in [1.29, 1.82) is 0 Å². The summed E-state index contributed by atoms with van der Waals surface area (Å²) in [5, 5.41) is 13.9. The van der Waals surface area contributed by atoms with Crippen molar-refractivity contribution in [3.05, 3.63) is 50.5 Å². The zero-order valence-corrected chi connectivity index (χ0v) is 29.2. The number of aliphatic imine (C=N–C) groups is 1. The molecule has 3 aromatic heterocycles. The Morgan fingerprint density at radius 2 is 1.63 bits per heavy atom. The number of ether oxygens (including phenoxy) is 1. The van der Waals surface area contributed by atoms with E-state index in [1.165, 1.54) is 64.2 Å². The van der Waals surface area contributed by atoms with Crippen LogP contribution in [-0.4, -0.2) is 33.3 Å². The van der Waals surface area contributed by atoms with Crippen LogP contribution in [0.3, 0.4) is 0 Å². The molecule has 0 saturated heterocycles. The maximum atomic E-state index is 13.6. The van der Waals surface area contributed by atoms with Crippen LogP contribution in [0.2, 0.25) is 0 Å². The first kappa shape index (κ1) is 34.0. The SMILES string of the molecule is CCCCCCCCC(CCCCCC)Cn1c(O)c2c(c1-c1ccc([C@H](C)C(C)(S)OC)s1)C(=O)N=C2c1cccs1. The van der Waals surface area contributed by atoms with Gasteiger partial charge in [0.1, 0.15) is 4.93 Å². The van der Waals surface area contributed by atoms with Crippen LogP contribution in [0, 0.1) is 5.92 Å². The molecule has 0 spiro atoms. The molecule has 0 saturated carbocycles. The zero-order chi connectivity index (χ0) is 31.0. The number of rotatable bonds is 19. The number of aromatic nitrogens is 1. The van der Waals surface area contributed by atoms with Gasteiger partial charge in [0.25, 0.3) is 5.91 Å². The molecule has 1 N–H and O–H groups in total. The lowest BCUT2D eigenvalue weighted by Crippen LogP contribution is -2.26. The molecule has 4 rings (SSSR count). The van der Waals surface area contributed by atoms with Gasteiger partial charge in [-0.15, -0.1) is 35.3 Å². The Morgan fingerprint density at radius 3 is 2.26 bits per heavy atom. The molecule has 1 aliphatic heterocycles.